The van der Waals surface area contributed by atoms with Gasteiger partial charge in [-0.25, -0.2) is 9.97 Å². The number of thiophene rings is 1. The summed E-state index contributed by atoms with van der Waals surface area (Å²) in [5.74, 6) is 0.643. The normalized spacial score (nSPS) is 11.9. The Hall–Kier alpha value is -8.64. The second kappa shape index (κ2) is 15.0. The van der Waals surface area contributed by atoms with E-state index in [9.17, 15) is 0 Å². The van der Waals surface area contributed by atoms with Gasteiger partial charge in [0.2, 0.25) is 5.95 Å². The number of benzene rings is 10. The fourth-order valence-electron chi connectivity index (χ4n) is 10.5. The highest BCUT2D eigenvalue weighted by atomic mass is 32.1. The first kappa shape index (κ1) is 37.7. The molecule has 0 radical (unpaired) electrons. The molecule has 0 atom stereocenters. The van der Waals surface area contributed by atoms with Crippen LogP contribution in [0.15, 0.2) is 231 Å². The number of rotatable bonds is 6. The molecule has 14 rings (SSSR count). The van der Waals surface area contributed by atoms with Gasteiger partial charge in [-0.05, 0) is 98.6 Å². The van der Waals surface area contributed by atoms with E-state index in [4.69, 9.17) is 9.97 Å². The van der Waals surface area contributed by atoms with E-state index in [-0.39, 0.29) is 0 Å². The smallest absolute Gasteiger partial charge is 0.235 e. The third kappa shape index (κ3) is 5.92. The summed E-state index contributed by atoms with van der Waals surface area (Å²) in [6.07, 6.45) is 0. The van der Waals surface area contributed by atoms with Crippen molar-refractivity contribution in [1.29, 1.82) is 0 Å². The lowest BCUT2D eigenvalue weighted by Crippen LogP contribution is -2.03. The molecule has 67 heavy (non-hydrogen) atoms. The molecule has 5 heteroatoms. The molecule has 4 nitrogen and oxygen atoms in total. The van der Waals surface area contributed by atoms with Crippen molar-refractivity contribution < 1.29 is 0 Å². The highest BCUT2D eigenvalue weighted by Crippen LogP contribution is 2.45. The van der Waals surface area contributed by atoms with Crippen molar-refractivity contribution >= 4 is 86.7 Å². The first-order valence-electron chi connectivity index (χ1n) is 22.7. The average Bonchev–Trinajstić information content (AvgIpc) is 4.10. The van der Waals surface area contributed by atoms with E-state index in [1.165, 1.54) is 75.2 Å². The van der Waals surface area contributed by atoms with Crippen molar-refractivity contribution in [3.05, 3.63) is 231 Å². The largest absolute Gasteiger partial charge is 0.309 e. The molecule has 0 aliphatic heterocycles. The molecule has 4 aromatic heterocycles. The summed E-state index contributed by atoms with van der Waals surface area (Å²) in [6, 6.07) is 83.2. The second-order valence-corrected chi connectivity index (χ2v) is 18.4. The van der Waals surface area contributed by atoms with Gasteiger partial charge in [0.05, 0.1) is 33.3 Å². The van der Waals surface area contributed by atoms with Gasteiger partial charge < -0.3 is 4.57 Å². The maximum atomic E-state index is 5.67. The average molecular weight is 871 g/mol. The molecule has 0 aliphatic rings. The van der Waals surface area contributed by atoms with Gasteiger partial charge in [0.1, 0.15) is 0 Å². The van der Waals surface area contributed by atoms with Crippen molar-refractivity contribution in [2.24, 2.45) is 0 Å². The quantitative estimate of drug-likeness (QED) is 0.167. The third-order valence-corrected chi connectivity index (χ3v) is 14.8. The van der Waals surface area contributed by atoms with E-state index in [0.717, 1.165) is 49.8 Å². The molecular weight excluding hydrogens is 833 g/mol. The summed E-state index contributed by atoms with van der Waals surface area (Å²) >= 11 is 1.81. The molecular formula is C62H38N4S. The monoisotopic (exact) mass is 870 g/mol. The molecule has 0 amide bonds. The van der Waals surface area contributed by atoms with Crippen LogP contribution in [-0.2, 0) is 0 Å². The van der Waals surface area contributed by atoms with Crippen molar-refractivity contribution in [1.82, 2.24) is 19.1 Å². The molecule has 312 valence electrons. The Morgan fingerprint density at radius 3 is 1.78 bits per heavy atom. The van der Waals surface area contributed by atoms with Crippen molar-refractivity contribution in [2.45, 2.75) is 0 Å². The van der Waals surface area contributed by atoms with E-state index in [1.54, 1.807) is 0 Å². The third-order valence-electron chi connectivity index (χ3n) is 13.5. The molecule has 10 aromatic carbocycles. The van der Waals surface area contributed by atoms with Crippen LogP contribution >= 0.6 is 11.3 Å². The molecule has 0 N–H and O–H groups in total. The van der Waals surface area contributed by atoms with Crippen molar-refractivity contribution in [2.75, 3.05) is 0 Å². The fraction of sp³-hybridized carbons (Fsp3) is 0. The second-order valence-electron chi connectivity index (χ2n) is 17.3. The molecule has 0 aliphatic carbocycles. The summed E-state index contributed by atoms with van der Waals surface area (Å²) in [6.45, 7) is 0. The molecule has 14 aromatic rings. The molecule has 4 heterocycles. The lowest BCUT2D eigenvalue weighted by atomic mass is 9.97. The minimum absolute atomic E-state index is 0.643. The highest BCUT2D eigenvalue weighted by molar-refractivity contribution is 7.23. The van der Waals surface area contributed by atoms with E-state index >= 15 is 0 Å². The lowest BCUT2D eigenvalue weighted by molar-refractivity contribution is 1.01. The number of aromatic nitrogens is 4. The number of para-hydroxylation sites is 2. The van der Waals surface area contributed by atoms with Crippen LogP contribution in [0, 0.1) is 0 Å². The standard InChI is InChI=1S/C62H38N4S/c1-4-15-39(16-5-1)40-27-29-43(30-28-40)60-59-51(34-31-45-38-56(67-61(45)59)42-18-6-2-7-19-42)63-62(64-60)66-53-35-33-44(37-50(53)58-47-22-11-10-17-41(47)32-36-55(58)66)48-24-14-26-54-57(48)49-23-12-13-25-52(49)65(54)46-20-8-3-9-21-46/h1-38H. The minimum Gasteiger partial charge on any atom is -0.309 e. The van der Waals surface area contributed by atoms with Crippen molar-refractivity contribution in [3.8, 4) is 55.6 Å². The molecule has 0 saturated carbocycles. The van der Waals surface area contributed by atoms with E-state index in [0.29, 0.717) is 5.95 Å². The van der Waals surface area contributed by atoms with Crippen LogP contribution in [0.2, 0.25) is 0 Å². The lowest BCUT2D eigenvalue weighted by Gasteiger charge is -2.13. The van der Waals surface area contributed by atoms with Crippen LogP contribution in [-0.4, -0.2) is 19.1 Å². The highest BCUT2D eigenvalue weighted by Gasteiger charge is 2.23. The summed E-state index contributed by atoms with van der Waals surface area (Å²) in [5, 5.41) is 9.47. The maximum absolute atomic E-state index is 5.67. The zero-order chi connectivity index (χ0) is 44.0. The number of fused-ring (bicyclic) bond motifs is 11. The van der Waals surface area contributed by atoms with E-state index in [1.807, 2.05) is 11.3 Å². The zero-order valence-corrected chi connectivity index (χ0v) is 37.0. The van der Waals surface area contributed by atoms with Gasteiger partial charge in [0.25, 0.3) is 0 Å². The summed E-state index contributed by atoms with van der Waals surface area (Å²) in [4.78, 5) is 12.4. The predicted molar refractivity (Wildman–Crippen MR) is 283 cm³/mol. The Labute approximate surface area is 389 Å². The van der Waals surface area contributed by atoms with Gasteiger partial charge in [-0.2, -0.15) is 0 Å². The van der Waals surface area contributed by atoms with Gasteiger partial charge in [0, 0.05) is 47.8 Å². The van der Waals surface area contributed by atoms with Gasteiger partial charge in [-0.15, -0.1) is 11.3 Å². The van der Waals surface area contributed by atoms with Crippen LogP contribution in [0.4, 0.5) is 0 Å². The SMILES string of the molecule is c1ccc(-c2ccc(-c3nc(-n4c5ccc(-c6cccc7c6c6ccccc6n7-c6ccccc6)cc5c5c6ccccc6ccc54)nc4ccc5cc(-c6ccccc6)sc5c34)cc2)cc1. The van der Waals surface area contributed by atoms with Crippen LogP contribution in [0.25, 0.3) is 131 Å². The molecule has 0 saturated heterocycles. The maximum Gasteiger partial charge on any atom is 0.235 e. The topological polar surface area (TPSA) is 35.6 Å². The Morgan fingerprint density at radius 2 is 0.955 bits per heavy atom. The summed E-state index contributed by atoms with van der Waals surface area (Å²) in [7, 11) is 0. The summed E-state index contributed by atoms with van der Waals surface area (Å²) in [5.41, 5.74) is 14.4. The van der Waals surface area contributed by atoms with Crippen LogP contribution in [0.5, 0.6) is 0 Å². The van der Waals surface area contributed by atoms with E-state index in [2.05, 4.69) is 240 Å². The van der Waals surface area contributed by atoms with Crippen LogP contribution < -0.4 is 0 Å². The number of hydrogen-bond donors (Lipinski definition) is 0. The molecule has 0 bridgehead atoms. The van der Waals surface area contributed by atoms with Gasteiger partial charge in [0.15, 0.2) is 0 Å². The van der Waals surface area contributed by atoms with Gasteiger partial charge >= 0.3 is 0 Å². The number of hydrogen-bond acceptors (Lipinski definition) is 3. The minimum atomic E-state index is 0.643. The molecule has 0 unspecified atom stereocenters. The van der Waals surface area contributed by atoms with Crippen LogP contribution in [0.3, 0.4) is 0 Å². The summed E-state index contributed by atoms with van der Waals surface area (Å²) < 4.78 is 5.87. The predicted octanol–water partition coefficient (Wildman–Crippen LogP) is 16.9. The van der Waals surface area contributed by atoms with Crippen LogP contribution in [0.1, 0.15) is 0 Å². The zero-order valence-electron chi connectivity index (χ0n) is 36.1. The first-order valence-corrected chi connectivity index (χ1v) is 23.5. The van der Waals surface area contributed by atoms with Gasteiger partial charge in [-0.1, -0.05) is 176 Å². The Bertz CT molecular complexity index is 4240. The Kier molecular flexibility index (Phi) is 8.42. The molecule has 0 spiro atoms. The molecule has 0 fully saturated rings. The first-order chi connectivity index (χ1) is 33.2. The Balaban J connectivity index is 1.03. The van der Waals surface area contributed by atoms with E-state index < -0.39 is 0 Å². The number of nitrogens with zero attached hydrogens (tertiary/aromatic N) is 4. The van der Waals surface area contributed by atoms with Gasteiger partial charge in [-0.3, -0.25) is 4.57 Å². The fourth-order valence-corrected chi connectivity index (χ4v) is 11.7. The Morgan fingerprint density at radius 1 is 0.343 bits per heavy atom. The van der Waals surface area contributed by atoms with Crippen molar-refractivity contribution in [3.63, 3.8) is 0 Å².